The summed E-state index contributed by atoms with van der Waals surface area (Å²) < 4.78 is 13.5. The summed E-state index contributed by atoms with van der Waals surface area (Å²) in [6.45, 7) is 5.41. The predicted octanol–water partition coefficient (Wildman–Crippen LogP) is 2.56. The van der Waals surface area contributed by atoms with Gasteiger partial charge in [-0.2, -0.15) is 0 Å². The van der Waals surface area contributed by atoms with Crippen LogP contribution in [0, 0.1) is 19.7 Å². The highest BCUT2D eigenvalue weighted by Gasteiger charge is 2.17. The maximum Gasteiger partial charge on any atom is 0.251 e. The maximum absolute atomic E-state index is 13.5. The van der Waals surface area contributed by atoms with Crippen LogP contribution in [0.25, 0.3) is 0 Å². The van der Waals surface area contributed by atoms with Crippen molar-refractivity contribution in [3.05, 3.63) is 70.5 Å². The van der Waals surface area contributed by atoms with E-state index in [1.54, 1.807) is 19.1 Å². The summed E-state index contributed by atoms with van der Waals surface area (Å²) in [5, 5.41) is 8.13. The lowest BCUT2D eigenvalue weighted by Gasteiger charge is -2.18. The van der Waals surface area contributed by atoms with E-state index in [2.05, 4.69) is 16.0 Å². The van der Waals surface area contributed by atoms with Crippen molar-refractivity contribution in [2.24, 2.45) is 0 Å². The second kappa shape index (κ2) is 10.4. The average molecular weight is 399 g/mol. The lowest BCUT2D eigenvalue weighted by Crippen LogP contribution is -2.37. The van der Waals surface area contributed by atoms with Crippen molar-refractivity contribution >= 4 is 17.7 Å². The van der Waals surface area contributed by atoms with E-state index in [1.165, 1.54) is 13.0 Å². The fraction of sp³-hybridized carbons (Fsp3) is 0.318. The zero-order valence-electron chi connectivity index (χ0n) is 16.8. The molecule has 29 heavy (non-hydrogen) atoms. The molecule has 2 aromatic carbocycles. The summed E-state index contributed by atoms with van der Waals surface area (Å²) >= 11 is 0. The standard InChI is InChI=1S/C22H26FN3O3/c1-14-4-7-17(8-5-14)20(26-16(3)27)13-21(28)24-10-11-25-22(29)18-9-6-15(2)19(23)12-18/h4-9,12,20H,10-11,13H2,1-3H3,(H,24,28)(H,25,29)(H,26,27). The third kappa shape index (κ3) is 7.03. The normalized spacial score (nSPS) is 11.4. The van der Waals surface area contributed by atoms with Gasteiger partial charge in [-0.15, -0.1) is 0 Å². The number of nitrogens with one attached hydrogen (secondary N) is 3. The van der Waals surface area contributed by atoms with Gasteiger partial charge in [0.1, 0.15) is 5.82 Å². The highest BCUT2D eigenvalue weighted by atomic mass is 19.1. The number of amides is 3. The molecule has 0 saturated carbocycles. The Morgan fingerprint density at radius 2 is 1.62 bits per heavy atom. The van der Waals surface area contributed by atoms with Crippen molar-refractivity contribution in [3.63, 3.8) is 0 Å². The van der Waals surface area contributed by atoms with E-state index in [0.717, 1.165) is 11.1 Å². The summed E-state index contributed by atoms with van der Waals surface area (Å²) in [6, 6.07) is 11.4. The van der Waals surface area contributed by atoms with Crippen LogP contribution in [-0.2, 0) is 9.59 Å². The zero-order chi connectivity index (χ0) is 21.4. The SMILES string of the molecule is CC(=O)NC(CC(=O)NCCNC(=O)c1ccc(C)c(F)c1)c1ccc(C)cc1. The molecule has 0 saturated heterocycles. The van der Waals surface area contributed by atoms with E-state index in [9.17, 15) is 18.8 Å². The van der Waals surface area contributed by atoms with Crippen molar-refractivity contribution in [1.29, 1.82) is 0 Å². The predicted molar refractivity (Wildman–Crippen MR) is 109 cm³/mol. The van der Waals surface area contributed by atoms with Crippen LogP contribution in [0.5, 0.6) is 0 Å². The Balaban J connectivity index is 1.82. The molecule has 0 fully saturated rings. The number of hydrogen-bond acceptors (Lipinski definition) is 3. The molecule has 0 heterocycles. The Morgan fingerprint density at radius 3 is 2.24 bits per heavy atom. The number of carbonyl (C=O) groups excluding carboxylic acids is 3. The van der Waals surface area contributed by atoms with Crippen molar-refractivity contribution in [1.82, 2.24) is 16.0 Å². The van der Waals surface area contributed by atoms with Gasteiger partial charge >= 0.3 is 0 Å². The van der Waals surface area contributed by atoms with Crippen LogP contribution < -0.4 is 16.0 Å². The monoisotopic (exact) mass is 399 g/mol. The lowest BCUT2D eigenvalue weighted by atomic mass is 10.0. The molecule has 7 heteroatoms. The first kappa shape index (κ1) is 22.1. The lowest BCUT2D eigenvalue weighted by molar-refractivity contribution is -0.122. The Kier molecular flexibility index (Phi) is 7.88. The van der Waals surface area contributed by atoms with E-state index < -0.39 is 17.8 Å². The summed E-state index contributed by atoms with van der Waals surface area (Å²) in [6.07, 6.45) is 0.0831. The topological polar surface area (TPSA) is 87.3 Å². The quantitative estimate of drug-likeness (QED) is 0.596. The van der Waals surface area contributed by atoms with Gasteiger partial charge in [-0.05, 0) is 37.1 Å². The molecule has 1 unspecified atom stereocenters. The van der Waals surface area contributed by atoms with E-state index >= 15 is 0 Å². The molecule has 2 rings (SSSR count). The first-order chi connectivity index (χ1) is 13.8. The van der Waals surface area contributed by atoms with Crippen LogP contribution in [0.2, 0.25) is 0 Å². The minimum atomic E-state index is -0.439. The zero-order valence-corrected chi connectivity index (χ0v) is 16.8. The molecule has 154 valence electrons. The molecule has 6 nitrogen and oxygen atoms in total. The Bertz CT molecular complexity index is 881. The largest absolute Gasteiger partial charge is 0.354 e. The molecule has 2 aromatic rings. The van der Waals surface area contributed by atoms with Crippen molar-refractivity contribution in [3.8, 4) is 0 Å². The second-order valence-corrected chi connectivity index (χ2v) is 6.94. The first-order valence-electron chi connectivity index (χ1n) is 9.41. The summed E-state index contributed by atoms with van der Waals surface area (Å²) in [5.74, 6) is -1.32. The van der Waals surface area contributed by atoms with Crippen LogP contribution in [0.1, 0.15) is 46.4 Å². The van der Waals surface area contributed by atoms with Gasteiger partial charge in [-0.1, -0.05) is 35.9 Å². The first-order valence-corrected chi connectivity index (χ1v) is 9.41. The highest BCUT2D eigenvalue weighted by Crippen LogP contribution is 2.17. The van der Waals surface area contributed by atoms with E-state index in [4.69, 9.17) is 0 Å². The van der Waals surface area contributed by atoms with Crippen LogP contribution >= 0.6 is 0 Å². The Labute approximate surface area is 169 Å². The van der Waals surface area contributed by atoms with Gasteiger partial charge < -0.3 is 16.0 Å². The number of hydrogen-bond donors (Lipinski definition) is 3. The summed E-state index contributed by atoms with van der Waals surface area (Å²) in [5.41, 5.74) is 2.63. The van der Waals surface area contributed by atoms with Gasteiger partial charge in [0.2, 0.25) is 11.8 Å². The molecule has 0 aliphatic heterocycles. The minimum absolute atomic E-state index is 0.0831. The molecule has 0 spiro atoms. The molecule has 0 aliphatic rings. The smallest absolute Gasteiger partial charge is 0.251 e. The maximum atomic E-state index is 13.5. The summed E-state index contributed by atoms with van der Waals surface area (Å²) in [4.78, 5) is 35.7. The molecule has 0 aliphatic carbocycles. The van der Waals surface area contributed by atoms with Gasteiger partial charge in [0.05, 0.1) is 12.5 Å². The number of carbonyl (C=O) groups is 3. The van der Waals surface area contributed by atoms with Gasteiger partial charge in [0.25, 0.3) is 5.91 Å². The van der Waals surface area contributed by atoms with Crippen LogP contribution in [0.4, 0.5) is 4.39 Å². The molecule has 0 aromatic heterocycles. The van der Waals surface area contributed by atoms with E-state index in [0.29, 0.717) is 5.56 Å². The number of benzene rings is 2. The molecule has 3 amide bonds. The molecular formula is C22H26FN3O3. The van der Waals surface area contributed by atoms with Crippen LogP contribution in [0.15, 0.2) is 42.5 Å². The molecule has 3 N–H and O–H groups in total. The van der Waals surface area contributed by atoms with Crippen molar-refractivity contribution in [2.45, 2.75) is 33.2 Å². The summed E-state index contributed by atoms with van der Waals surface area (Å²) in [7, 11) is 0. The molecule has 0 radical (unpaired) electrons. The molecule has 0 bridgehead atoms. The Morgan fingerprint density at radius 1 is 0.966 bits per heavy atom. The average Bonchev–Trinajstić information content (AvgIpc) is 2.67. The Hall–Kier alpha value is -3.22. The fourth-order valence-corrected chi connectivity index (χ4v) is 2.77. The third-order valence-corrected chi connectivity index (χ3v) is 4.41. The van der Waals surface area contributed by atoms with Crippen LogP contribution in [0.3, 0.4) is 0 Å². The van der Waals surface area contributed by atoms with E-state index in [1.807, 2.05) is 31.2 Å². The van der Waals surface area contributed by atoms with Gasteiger partial charge in [0, 0.05) is 25.6 Å². The second-order valence-electron chi connectivity index (χ2n) is 6.94. The van der Waals surface area contributed by atoms with Gasteiger partial charge in [0.15, 0.2) is 0 Å². The fourth-order valence-electron chi connectivity index (χ4n) is 2.77. The van der Waals surface area contributed by atoms with Crippen LogP contribution in [-0.4, -0.2) is 30.8 Å². The van der Waals surface area contributed by atoms with Crippen molar-refractivity contribution in [2.75, 3.05) is 13.1 Å². The van der Waals surface area contributed by atoms with Gasteiger partial charge in [-0.3, -0.25) is 14.4 Å². The number of halogens is 1. The molecule has 1 atom stereocenters. The highest BCUT2D eigenvalue weighted by molar-refractivity contribution is 5.94. The molecular weight excluding hydrogens is 373 g/mol. The third-order valence-electron chi connectivity index (χ3n) is 4.41. The number of rotatable bonds is 8. The van der Waals surface area contributed by atoms with E-state index in [-0.39, 0.29) is 36.9 Å². The number of aryl methyl sites for hydroxylation is 2. The van der Waals surface area contributed by atoms with Gasteiger partial charge in [-0.25, -0.2) is 4.39 Å². The minimum Gasteiger partial charge on any atom is -0.354 e. The van der Waals surface area contributed by atoms with Crippen molar-refractivity contribution < 1.29 is 18.8 Å².